The van der Waals surface area contributed by atoms with Crippen molar-refractivity contribution >= 4 is 23.7 Å². The van der Waals surface area contributed by atoms with Crippen LogP contribution in [-0.2, 0) is 22.6 Å². The van der Waals surface area contributed by atoms with Crippen molar-refractivity contribution in [1.29, 1.82) is 0 Å². The van der Waals surface area contributed by atoms with Gasteiger partial charge in [0.2, 0.25) is 5.91 Å². The van der Waals surface area contributed by atoms with Gasteiger partial charge >= 0.3 is 0 Å². The molecule has 0 atom stereocenters. The van der Waals surface area contributed by atoms with Crippen LogP contribution in [0.1, 0.15) is 16.7 Å². The Balaban J connectivity index is 1.57. The van der Waals surface area contributed by atoms with Crippen LogP contribution in [0.3, 0.4) is 0 Å². The zero-order chi connectivity index (χ0) is 26.6. The number of amides is 2. The number of hydrogen-bond acceptors (Lipinski definition) is 8. The number of nitrogens with zero attached hydrogens (tertiary/aromatic N) is 2. The monoisotopic (exact) mass is 506 g/mol. The maximum atomic E-state index is 12.1. The molecule has 0 unspecified atom stereocenters. The van der Waals surface area contributed by atoms with Crippen molar-refractivity contribution in [2.75, 3.05) is 20.8 Å². The Kier molecular flexibility index (Phi) is 9.54. The SMILES string of the molecule is COc1ccc(CC(=O)NCC(=O)N/N=C/c2cc(OC)c(OCc3ccccc3)cc2[N+](=O)[O-])cc1. The lowest BCUT2D eigenvalue weighted by atomic mass is 10.1. The van der Waals surface area contributed by atoms with Crippen molar-refractivity contribution in [3.63, 3.8) is 0 Å². The molecule has 0 radical (unpaired) electrons. The molecule has 11 nitrogen and oxygen atoms in total. The van der Waals surface area contributed by atoms with Crippen LogP contribution in [0.2, 0.25) is 0 Å². The molecule has 0 saturated heterocycles. The molecule has 0 saturated carbocycles. The van der Waals surface area contributed by atoms with Crippen LogP contribution in [0.4, 0.5) is 5.69 Å². The Hall–Kier alpha value is -4.93. The predicted octanol–water partition coefficient (Wildman–Crippen LogP) is 3.00. The van der Waals surface area contributed by atoms with Gasteiger partial charge in [-0.1, -0.05) is 42.5 Å². The topological polar surface area (TPSA) is 141 Å². The van der Waals surface area contributed by atoms with Gasteiger partial charge in [-0.25, -0.2) is 5.43 Å². The van der Waals surface area contributed by atoms with Crippen molar-refractivity contribution in [1.82, 2.24) is 10.7 Å². The maximum Gasteiger partial charge on any atom is 0.282 e. The highest BCUT2D eigenvalue weighted by atomic mass is 16.6. The molecule has 0 aliphatic carbocycles. The van der Waals surface area contributed by atoms with Crippen molar-refractivity contribution < 1.29 is 28.7 Å². The van der Waals surface area contributed by atoms with Gasteiger partial charge in [0.1, 0.15) is 12.4 Å². The molecule has 192 valence electrons. The van der Waals surface area contributed by atoms with Gasteiger partial charge in [0.25, 0.3) is 11.6 Å². The summed E-state index contributed by atoms with van der Waals surface area (Å²) in [5, 5.41) is 17.9. The van der Waals surface area contributed by atoms with Crippen LogP contribution in [0.15, 0.2) is 71.8 Å². The van der Waals surface area contributed by atoms with Gasteiger partial charge < -0.3 is 19.5 Å². The summed E-state index contributed by atoms with van der Waals surface area (Å²) in [6.45, 7) is -0.119. The number of hydrazone groups is 1. The van der Waals surface area contributed by atoms with E-state index in [-0.39, 0.29) is 48.2 Å². The Morgan fingerprint density at radius 2 is 1.68 bits per heavy atom. The molecule has 3 aromatic rings. The minimum absolute atomic E-state index is 0.0885. The van der Waals surface area contributed by atoms with Crippen molar-refractivity contribution in [3.05, 3.63) is 93.5 Å². The molecule has 37 heavy (non-hydrogen) atoms. The number of nitrogens with one attached hydrogen (secondary N) is 2. The van der Waals surface area contributed by atoms with Crippen molar-refractivity contribution in [3.8, 4) is 17.2 Å². The summed E-state index contributed by atoms with van der Waals surface area (Å²) >= 11 is 0. The second-order valence-corrected chi connectivity index (χ2v) is 7.69. The van der Waals surface area contributed by atoms with Crippen molar-refractivity contribution in [2.45, 2.75) is 13.0 Å². The standard InChI is InChI=1S/C26H26N4O7/c1-35-21-10-8-18(9-11-21)12-25(31)27-16-26(32)29-28-15-20-13-23(36-2)24(14-22(20)30(33)34)37-17-19-6-4-3-5-7-19/h3-11,13-15H,12,16-17H2,1-2H3,(H,27,31)(H,29,32)/b28-15+. The molecule has 0 bridgehead atoms. The third kappa shape index (κ3) is 8.06. The van der Waals surface area contributed by atoms with Gasteiger partial charge in [-0.05, 0) is 29.3 Å². The molecule has 0 aliphatic rings. The Labute approximate surface area is 213 Å². The summed E-state index contributed by atoms with van der Waals surface area (Å²) in [4.78, 5) is 35.2. The predicted molar refractivity (Wildman–Crippen MR) is 136 cm³/mol. The summed E-state index contributed by atoms with van der Waals surface area (Å²) in [5.74, 6) is 0.181. The Morgan fingerprint density at radius 1 is 0.946 bits per heavy atom. The number of methoxy groups -OCH3 is 2. The normalized spacial score (nSPS) is 10.5. The molecular formula is C26H26N4O7. The third-order valence-corrected chi connectivity index (χ3v) is 5.11. The number of nitro benzene ring substituents is 1. The lowest BCUT2D eigenvalue weighted by molar-refractivity contribution is -0.385. The van der Waals surface area contributed by atoms with E-state index in [0.29, 0.717) is 5.75 Å². The van der Waals surface area contributed by atoms with E-state index in [1.165, 1.54) is 19.2 Å². The number of rotatable bonds is 12. The zero-order valence-electron chi connectivity index (χ0n) is 20.3. The summed E-state index contributed by atoms with van der Waals surface area (Å²) in [6.07, 6.45) is 1.21. The first-order valence-electron chi connectivity index (χ1n) is 11.1. The highest BCUT2D eigenvalue weighted by Crippen LogP contribution is 2.34. The largest absolute Gasteiger partial charge is 0.497 e. The first kappa shape index (κ1) is 26.7. The summed E-state index contributed by atoms with van der Waals surface area (Å²) < 4.78 is 16.1. The molecule has 0 fully saturated rings. The zero-order valence-corrected chi connectivity index (χ0v) is 20.3. The fourth-order valence-corrected chi connectivity index (χ4v) is 3.22. The lowest BCUT2D eigenvalue weighted by Crippen LogP contribution is -2.35. The minimum atomic E-state index is -0.600. The average Bonchev–Trinajstić information content (AvgIpc) is 2.91. The molecule has 0 heterocycles. The van der Waals surface area contributed by atoms with E-state index in [1.807, 2.05) is 30.3 Å². The highest BCUT2D eigenvalue weighted by Gasteiger charge is 2.19. The van der Waals surface area contributed by atoms with E-state index in [9.17, 15) is 19.7 Å². The molecule has 2 amide bonds. The smallest absolute Gasteiger partial charge is 0.282 e. The number of carbonyl (C=O) groups is 2. The fraction of sp³-hybridized carbons (Fsp3) is 0.192. The van der Waals surface area contributed by atoms with Gasteiger partial charge in [0, 0.05) is 0 Å². The minimum Gasteiger partial charge on any atom is -0.497 e. The van der Waals surface area contributed by atoms with Gasteiger partial charge in [0.15, 0.2) is 11.5 Å². The molecule has 3 aromatic carbocycles. The quantitative estimate of drug-likeness (QED) is 0.218. The molecular weight excluding hydrogens is 480 g/mol. The van der Waals surface area contributed by atoms with Crippen LogP contribution in [0.5, 0.6) is 17.2 Å². The van der Waals surface area contributed by atoms with E-state index in [2.05, 4.69) is 15.8 Å². The van der Waals surface area contributed by atoms with Gasteiger partial charge in [-0.15, -0.1) is 0 Å². The average molecular weight is 507 g/mol. The van der Waals surface area contributed by atoms with E-state index in [1.54, 1.807) is 31.4 Å². The molecule has 0 aromatic heterocycles. The molecule has 0 aliphatic heterocycles. The Morgan fingerprint density at radius 3 is 2.32 bits per heavy atom. The summed E-state index contributed by atoms with van der Waals surface area (Å²) in [7, 11) is 2.96. The van der Waals surface area contributed by atoms with Crippen LogP contribution in [0.25, 0.3) is 0 Å². The van der Waals surface area contributed by atoms with Gasteiger partial charge in [-0.3, -0.25) is 19.7 Å². The van der Waals surface area contributed by atoms with E-state index in [4.69, 9.17) is 14.2 Å². The maximum absolute atomic E-state index is 12.1. The molecule has 2 N–H and O–H groups in total. The highest BCUT2D eigenvalue weighted by molar-refractivity contribution is 5.89. The van der Waals surface area contributed by atoms with Gasteiger partial charge in [-0.2, -0.15) is 5.10 Å². The molecule has 3 rings (SSSR count). The molecule has 11 heteroatoms. The molecule has 0 spiro atoms. The Bertz CT molecular complexity index is 1260. The van der Waals surface area contributed by atoms with Crippen LogP contribution < -0.4 is 25.0 Å². The fourth-order valence-electron chi connectivity index (χ4n) is 3.22. The lowest BCUT2D eigenvalue weighted by Gasteiger charge is -2.12. The van der Waals surface area contributed by atoms with E-state index < -0.39 is 10.8 Å². The third-order valence-electron chi connectivity index (χ3n) is 5.11. The number of hydrogen-bond donors (Lipinski definition) is 2. The van der Waals surface area contributed by atoms with E-state index in [0.717, 1.165) is 17.3 Å². The number of benzene rings is 3. The second kappa shape index (κ2) is 13.2. The van der Waals surface area contributed by atoms with E-state index >= 15 is 0 Å². The first-order valence-corrected chi connectivity index (χ1v) is 11.1. The number of carbonyl (C=O) groups excluding carboxylic acids is 2. The number of nitro groups is 1. The second-order valence-electron chi connectivity index (χ2n) is 7.69. The number of ether oxygens (including phenoxy) is 3. The van der Waals surface area contributed by atoms with Crippen LogP contribution in [-0.4, -0.2) is 43.7 Å². The van der Waals surface area contributed by atoms with Crippen molar-refractivity contribution in [2.24, 2.45) is 5.10 Å². The first-order chi connectivity index (χ1) is 17.9. The van der Waals surface area contributed by atoms with Gasteiger partial charge in [0.05, 0.1) is 50.0 Å². The van der Waals surface area contributed by atoms with Crippen LogP contribution in [0, 0.1) is 10.1 Å². The summed E-state index contributed by atoms with van der Waals surface area (Å²) in [5.41, 5.74) is 3.69. The van der Waals surface area contributed by atoms with Crippen LogP contribution >= 0.6 is 0 Å². The summed E-state index contributed by atoms with van der Waals surface area (Å²) in [6, 6.07) is 18.9.